The second kappa shape index (κ2) is 8.74. The van der Waals surface area contributed by atoms with Gasteiger partial charge in [0.15, 0.2) is 0 Å². The van der Waals surface area contributed by atoms with Crippen LogP contribution in [0.25, 0.3) is 0 Å². The number of hydrogen-bond donors (Lipinski definition) is 0. The first kappa shape index (κ1) is 18.9. The number of piperidine rings is 1. The van der Waals surface area contributed by atoms with Gasteiger partial charge in [-0.2, -0.15) is 0 Å². The molecule has 0 aliphatic carbocycles. The fourth-order valence-corrected chi connectivity index (χ4v) is 3.90. The van der Waals surface area contributed by atoms with Gasteiger partial charge in [0.05, 0.1) is 31.9 Å². The highest BCUT2D eigenvalue weighted by Gasteiger charge is 2.28. The maximum absolute atomic E-state index is 12.5. The predicted molar refractivity (Wildman–Crippen MR) is 101 cm³/mol. The van der Waals surface area contributed by atoms with Gasteiger partial charge in [-0.3, -0.25) is 19.7 Å². The molecule has 1 amide bonds. The molecule has 2 saturated heterocycles. The molecular weight excluding hydrogens is 358 g/mol. The van der Waals surface area contributed by atoms with Crippen molar-refractivity contribution in [2.24, 2.45) is 7.05 Å². The van der Waals surface area contributed by atoms with Gasteiger partial charge in [0.2, 0.25) is 5.91 Å². The number of morpholine rings is 1. The first-order chi connectivity index (χ1) is 13.7. The van der Waals surface area contributed by atoms with Crippen molar-refractivity contribution in [1.82, 2.24) is 34.5 Å². The van der Waals surface area contributed by atoms with Crippen LogP contribution >= 0.6 is 0 Å². The van der Waals surface area contributed by atoms with Crippen molar-refractivity contribution in [2.45, 2.75) is 31.7 Å². The molecule has 0 atom stereocenters. The summed E-state index contributed by atoms with van der Waals surface area (Å²) in [6.07, 6.45) is 7.03. The Balaban J connectivity index is 1.31. The molecule has 0 spiro atoms. The van der Waals surface area contributed by atoms with Crippen LogP contribution < -0.4 is 0 Å². The van der Waals surface area contributed by atoms with Crippen LogP contribution in [0.1, 0.15) is 36.1 Å². The fourth-order valence-electron chi connectivity index (χ4n) is 3.90. The molecule has 4 rings (SSSR count). The summed E-state index contributed by atoms with van der Waals surface area (Å²) in [5, 5.41) is 8.91. The molecule has 2 aliphatic heterocycles. The Kier molecular flexibility index (Phi) is 5.92. The quantitative estimate of drug-likeness (QED) is 0.735. The van der Waals surface area contributed by atoms with Crippen molar-refractivity contribution in [1.29, 1.82) is 0 Å². The summed E-state index contributed by atoms with van der Waals surface area (Å²) in [4.78, 5) is 25.0. The molecule has 4 heterocycles. The van der Waals surface area contributed by atoms with Crippen LogP contribution in [0.4, 0.5) is 0 Å². The third-order valence-electron chi connectivity index (χ3n) is 5.63. The van der Waals surface area contributed by atoms with Crippen molar-refractivity contribution in [3.8, 4) is 0 Å². The molecule has 0 saturated carbocycles. The number of aromatic nitrogens is 5. The number of amides is 1. The second-order valence-corrected chi connectivity index (χ2v) is 7.45. The maximum atomic E-state index is 12.5. The Morgan fingerprint density at radius 3 is 2.64 bits per heavy atom. The monoisotopic (exact) mass is 385 g/mol. The van der Waals surface area contributed by atoms with Crippen LogP contribution in [0.5, 0.6) is 0 Å². The Morgan fingerprint density at radius 2 is 1.93 bits per heavy atom. The number of nitrogens with zero attached hydrogens (tertiary/aromatic N) is 7. The number of carbonyl (C=O) groups is 1. The first-order valence-corrected chi connectivity index (χ1v) is 9.91. The minimum Gasteiger partial charge on any atom is -0.379 e. The van der Waals surface area contributed by atoms with Gasteiger partial charge in [-0.1, -0.05) is 0 Å². The highest BCUT2D eigenvalue weighted by Crippen LogP contribution is 2.27. The molecule has 0 bridgehead atoms. The van der Waals surface area contributed by atoms with Gasteiger partial charge in [-0.15, -0.1) is 10.2 Å². The van der Waals surface area contributed by atoms with E-state index < -0.39 is 0 Å². The Bertz CT molecular complexity index is 781. The first-order valence-electron chi connectivity index (χ1n) is 9.91. The van der Waals surface area contributed by atoms with E-state index in [1.165, 1.54) is 0 Å². The van der Waals surface area contributed by atoms with Crippen molar-refractivity contribution in [2.75, 3.05) is 39.4 Å². The third kappa shape index (κ3) is 4.36. The second-order valence-electron chi connectivity index (χ2n) is 7.45. The van der Waals surface area contributed by atoms with Crippen LogP contribution in [0, 0.1) is 0 Å². The number of ether oxygens (including phenoxy) is 1. The van der Waals surface area contributed by atoms with Crippen LogP contribution in [0.3, 0.4) is 0 Å². The molecular formula is C19H27N7O2. The van der Waals surface area contributed by atoms with Gasteiger partial charge in [-0.05, 0) is 12.8 Å². The summed E-state index contributed by atoms with van der Waals surface area (Å²) in [7, 11) is 2.05. The Morgan fingerprint density at radius 1 is 1.14 bits per heavy atom. The van der Waals surface area contributed by atoms with Crippen LogP contribution in [0.15, 0.2) is 18.6 Å². The molecule has 28 heavy (non-hydrogen) atoms. The Hall–Kier alpha value is -2.39. The van der Waals surface area contributed by atoms with Crippen LogP contribution in [-0.4, -0.2) is 79.8 Å². The summed E-state index contributed by atoms with van der Waals surface area (Å²) < 4.78 is 7.55. The van der Waals surface area contributed by atoms with Gasteiger partial charge in [0.25, 0.3) is 0 Å². The minimum absolute atomic E-state index is 0.116. The molecule has 0 N–H and O–H groups in total. The van der Waals surface area contributed by atoms with E-state index in [1.54, 1.807) is 18.6 Å². The smallest absolute Gasteiger partial charge is 0.228 e. The zero-order valence-electron chi connectivity index (χ0n) is 16.3. The highest BCUT2D eigenvalue weighted by atomic mass is 16.5. The number of hydrogen-bond acceptors (Lipinski definition) is 7. The van der Waals surface area contributed by atoms with Gasteiger partial charge in [0, 0.05) is 57.7 Å². The van der Waals surface area contributed by atoms with Crippen molar-refractivity contribution in [3.63, 3.8) is 0 Å². The average molecular weight is 385 g/mol. The molecule has 0 aromatic carbocycles. The number of carbonyl (C=O) groups excluding carboxylic acids is 1. The lowest BCUT2D eigenvalue weighted by Crippen LogP contribution is -2.39. The van der Waals surface area contributed by atoms with E-state index in [-0.39, 0.29) is 5.91 Å². The van der Waals surface area contributed by atoms with Gasteiger partial charge in [-0.25, -0.2) is 0 Å². The van der Waals surface area contributed by atoms with Gasteiger partial charge < -0.3 is 14.2 Å². The lowest BCUT2D eigenvalue weighted by molar-refractivity contribution is -0.131. The normalized spacial score (nSPS) is 19.1. The van der Waals surface area contributed by atoms with E-state index in [0.717, 1.165) is 76.1 Å². The zero-order valence-corrected chi connectivity index (χ0v) is 16.3. The number of rotatable bonds is 5. The molecule has 2 aromatic rings. The van der Waals surface area contributed by atoms with Crippen molar-refractivity contribution < 1.29 is 9.53 Å². The van der Waals surface area contributed by atoms with E-state index in [1.807, 2.05) is 4.90 Å². The lowest BCUT2D eigenvalue weighted by Gasteiger charge is -2.31. The summed E-state index contributed by atoms with van der Waals surface area (Å²) >= 11 is 0. The molecule has 2 fully saturated rings. The Labute approximate surface area is 164 Å². The van der Waals surface area contributed by atoms with Crippen molar-refractivity contribution >= 4 is 5.91 Å². The van der Waals surface area contributed by atoms with E-state index in [4.69, 9.17) is 4.74 Å². The molecule has 150 valence electrons. The third-order valence-corrected chi connectivity index (χ3v) is 5.63. The average Bonchev–Trinajstić information content (AvgIpc) is 3.10. The summed E-state index contributed by atoms with van der Waals surface area (Å²) in [5.74, 6) is 2.49. The summed E-state index contributed by atoms with van der Waals surface area (Å²) in [6.45, 7) is 5.74. The lowest BCUT2D eigenvalue weighted by atomic mass is 9.95. The molecule has 2 aromatic heterocycles. The van der Waals surface area contributed by atoms with Crippen LogP contribution in [0.2, 0.25) is 0 Å². The standard InChI is InChI=1S/C19H27N7O2/c1-24-17(14-25-8-10-28-11-9-25)22-23-19(24)15-2-6-26(7-3-15)18(27)12-16-13-20-4-5-21-16/h4-5,13,15H,2-3,6-12,14H2,1H3. The molecule has 0 radical (unpaired) electrons. The largest absolute Gasteiger partial charge is 0.379 e. The highest BCUT2D eigenvalue weighted by molar-refractivity contribution is 5.78. The molecule has 9 heteroatoms. The maximum Gasteiger partial charge on any atom is 0.228 e. The van der Waals surface area contributed by atoms with E-state index in [9.17, 15) is 4.79 Å². The summed E-state index contributed by atoms with van der Waals surface area (Å²) in [5.41, 5.74) is 0.718. The van der Waals surface area contributed by atoms with Gasteiger partial charge in [0.1, 0.15) is 11.6 Å². The minimum atomic E-state index is 0.116. The van der Waals surface area contributed by atoms with E-state index in [2.05, 4.69) is 36.7 Å². The SMILES string of the molecule is Cn1c(CN2CCOCC2)nnc1C1CCN(C(=O)Cc2cnccn2)CC1. The van der Waals surface area contributed by atoms with Crippen LogP contribution in [-0.2, 0) is 29.5 Å². The molecule has 2 aliphatic rings. The topological polar surface area (TPSA) is 89.3 Å². The zero-order chi connectivity index (χ0) is 19.3. The summed E-state index contributed by atoms with van der Waals surface area (Å²) in [6, 6.07) is 0. The van der Waals surface area contributed by atoms with Crippen molar-refractivity contribution in [3.05, 3.63) is 35.9 Å². The predicted octanol–water partition coefficient (Wildman–Crippen LogP) is 0.386. The molecule has 9 nitrogen and oxygen atoms in total. The number of likely N-dealkylation sites (tertiary alicyclic amines) is 1. The fraction of sp³-hybridized carbons (Fsp3) is 0.632. The molecule has 0 unspecified atom stereocenters. The van der Waals surface area contributed by atoms with Gasteiger partial charge >= 0.3 is 0 Å². The van der Waals surface area contributed by atoms with E-state index in [0.29, 0.717) is 12.3 Å². The van der Waals surface area contributed by atoms with E-state index >= 15 is 0 Å².